The summed E-state index contributed by atoms with van der Waals surface area (Å²) in [6, 6.07) is 0. The first-order chi connectivity index (χ1) is 40.0. The fraction of sp³-hybridized carbons (Fsp3) is 0.667. The Hall–Kier alpha value is -4.45. The largest absolute Gasteiger partial charge is 0.462 e. The van der Waals surface area contributed by atoms with Crippen LogP contribution in [0.4, 0.5) is 0 Å². The molecule has 460 valence electrons. The van der Waals surface area contributed by atoms with Crippen molar-refractivity contribution in [2.45, 2.75) is 309 Å². The third-order valence-corrected chi connectivity index (χ3v) is 14.1. The second kappa shape index (κ2) is 68.1. The maximum atomic E-state index is 12.9. The third-order valence-electron chi connectivity index (χ3n) is 14.1. The Labute approximate surface area is 500 Å². The zero-order chi connectivity index (χ0) is 58.5. The van der Waals surface area contributed by atoms with Crippen molar-refractivity contribution < 1.29 is 28.6 Å². The number of carbonyl (C=O) groups is 3. The quantitative estimate of drug-likeness (QED) is 0.0261. The SMILES string of the molecule is CC/C=C\C/C=C\C/C=C\C/C=C\CCCCCCCCCCCCCCCCCCCCC(=O)OCC(COC(=O)CCCCCCC/C=C\C/C=C\C/C=C\CC)OC(=O)CCCCCC/C=C\C/C=C\C/C=C\C/C=C\CC. The Kier molecular flexibility index (Phi) is 64.3. The van der Waals surface area contributed by atoms with Gasteiger partial charge in [0.25, 0.3) is 0 Å². The van der Waals surface area contributed by atoms with Crippen LogP contribution in [-0.4, -0.2) is 37.2 Å². The van der Waals surface area contributed by atoms with Crippen molar-refractivity contribution in [1.82, 2.24) is 0 Å². The highest BCUT2D eigenvalue weighted by molar-refractivity contribution is 5.71. The number of unbranched alkanes of at least 4 members (excludes halogenated alkanes) is 27. The van der Waals surface area contributed by atoms with Crippen LogP contribution in [0.15, 0.2) is 134 Å². The lowest BCUT2D eigenvalue weighted by molar-refractivity contribution is -0.167. The molecule has 0 aromatic rings. The van der Waals surface area contributed by atoms with E-state index >= 15 is 0 Å². The molecular weight excluding hydrogens is 997 g/mol. The predicted octanol–water partition coefficient (Wildman–Crippen LogP) is 23.3. The number of rotatable bonds is 60. The zero-order valence-electron chi connectivity index (χ0n) is 52.8. The van der Waals surface area contributed by atoms with Gasteiger partial charge in [-0.05, 0) is 128 Å². The van der Waals surface area contributed by atoms with Gasteiger partial charge in [0.05, 0.1) is 0 Å². The normalized spacial score (nSPS) is 13.0. The Balaban J connectivity index is 4.27. The Morgan fingerprint density at radius 2 is 0.444 bits per heavy atom. The average molecular weight is 1120 g/mol. The number of ether oxygens (including phenoxy) is 3. The Bertz CT molecular complexity index is 1720. The molecular formula is C75H124O6. The van der Waals surface area contributed by atoms with Gasteiger partial charge in [0, 0.05) is 19.3 Å². The minimum atomic E-state index is -0.802. The van der Waals surface area contributed by atoms with Crippen LogP contribution < -0.4 is 0 Å². The highest BCUT2D eigenvalue weighted by atomic mass is 16.6. The summed E-state index contributed by atoms with van der Waals surface area (Å²) in [6.45, 7) is 6.29. The first kappa shape index (κ1) is 76.5. The van der Waals surface area contributed by atoms with E-state index in [1.54, 1.807) is 0 Å². The number of carbonyl (C=O) groups excluding carboxylic acids is 3. The zero-order valence-corrected chi connectivity index (χ0v) is 52.8. The van der Waals surface area contributed by atoms with Crippen LogP contribution >= 0.6 is 0 Å². The number of hydrogen-bond donors (Lipinski definition) is 0. The van der Waals surface area contributed by atoms with E-state index in [0.717, 1.165) is 161 Å². The van der Waals surface area contributed by atoms with E-state index in [2.05, 4.69) is 154 Å². The van der Waals surface area contributed by atoms with E-state index in [9.17, 15) is 14.4 Å². The van der Waals surface area contributed by atoms with Gasteiger partial charge in [-0.25, -0.2) is 0 Å². The molecule has 0 rings (SSSR count). The summed E-state index contributed by atoms with van der Waals surface area (Å²) in [4.78, 5) is 38.4. The first-order valence-corrected chi connectivity index (χ1v) is 33.7. The lowest BCUT2D eigenvalue weighted by atomic mass is 10.0. The Morgan fingerprint density at radius 1 is 0.247 bits per heavy atom. The van der Waals surface area contributed by atoms with E-state index in [1.807, 2.05) is 0 Å². The lowest BCUT2D eigenvalue weighted by Gasteiger charge is -2.18. The molecule has 0 bridgehead atoms. The second-order valence-corrected chi connectivity index (χ2v) is 21.9. The average Bonchev–Trinajstić information content (AvgIpc) is 3.47. The molecule has 0 fully saturated rings. The summed E-state index contributed by atoms with van der Waals surface area (Å²) in [5, 5.41) is 0. The van der Waals surface area contributed by atoms with Crippen molar-refractivity contribution in [2.24, 2.45) is 0 Å². The molecule has 0 amide bonds. The second-order valence-electron chi connectivity index (χ2n) is 21.9. The van der Waals surface area contributed by atoms with Crippen LogP contribution in [-0.2, 0) is 28.6 Å². The minimum Gasteiger partial charge on any atom is -0.462 e. The van der Waals surface area contributed by atoms with Crippen molar-refractivity contribution >= 4 is 17.9 Å². The molecule has 0 radical (unpaired) electrons. The van der Waals surface area contributed by atoms with Crippen LogP contribution in [0, 0.1) is 0 Å². The maximum Gasteiger partial charge on any atom is 0.306 e. The van der Waals surface area contributed by atoms with Gasteiger partial charge in [-0.2, -0.15) is 0 Å². The van der Waals surface area contributed by atoms with Crippen molar-refractivity contribution in [3.8, 4) is 0 Å². The lowest BCUT2D eigenvalue weighted by Crippen LogP contribution is -2.30. The number of allylic oxidation sites excluding steroid dienone is 22. The molecule has 0 aromatic heterocycles. The summed E-state index contributed by atoms with van der Waals surface area (Å²) in [6.07, 6.45) is 96.2. The van der Waals surface area contributed by atoms with E-state index in [0.29, 0.717) is 19.3 Å². The van der Waals surface area contributed by atoms with Crippen molar-refractivity contribution in [1.29, 1.82) is 0 Å². The Morgan fingerprint density at radius 3 is 0.691 bits per heavy atom. The van der Waals surface area contributed by atoms with Crippen molar-refractivity contribution in [3.63, 3.8) is 0 Å². The van der Waals surface area contributed by atoms with Crippen LogP contribution in [0.2, 0.25) is 0 Å². The summed E-state index contributed by atoms with van der Waals surface area (Å²) in [7, 11) is 0. The van der Waals surface area contributed by atoms with E-state index in [1.165, 1.54) is 103 Å². The topological polar surface area (TPSA) is 78.9 Å². The molecule has 0 saturated carbocycles. The fourth-order valence-corrected chi connectivity index (χ4v) is 9.21. The standard InChI is InChI=1S/C75H124O6/c1-4-7-10-13-16-19-22-25-28-30-31-32-33-34-35-36-37-38-39-40-41-42-43-45-47-50-53-56-59-62-65-68-74(77)80-71-72(70-79-73(76)67-64-61-58-55-52-49-46-27-24-21-18-15-12-9-6-3)81-75(78)69-66-63-60-57-54-51-48-44-29-26-23-20-17-14-11-8-5-2/h7-12,16-21,25-29,31-32,46,48,51,72H,4-6,13-15,22-24,30,33-45,47,49-50,52-71H2,1-3H3/b10-7-,11-8-,12-9-,19-16-,20-17-,21-18-,28-25-,29-26-,32-31-,46-27-,51-48-. The maximum absolute atomic E-state index is 12.9. The van der Waals surface area contributed by atoms with E-state index in [-0.39, 0.29) is 31.1 Å². The van der Waals surface area contributed by atoms with Gasteiger partial charge in [0.1, 0.15) is 13.2 Å². The first-order valence-electron chi connectivity index (χ1n) is 33.7. The molecule has 0 spiro atoms. The molecule has 1 atom stereocenters. The monoisotopic (exact) mass is 1120 g/mol. The molecule has 6 nitrogen and oxygen atoms in total. The van der Waals surface area contributed by atoms with Gasteiger partial charge in [-0.15, -0.1) is 0 Å². The summed E-state index contributed by atoms with van der Waals surface area (Å²) in [5.74, 6) is -0.930. The van der Waals surface area contributed by atoms with Gasteiger partial charge in [-0.3, -0.25) is 14.4 Å². The molecule has 0 aliphatic rings. The van der Waals surface area contributed by atoms with Crippen LogP contribution in [0.1, 0.15) is 303 Å². The molecule has 81 heavy (non-hydrogen) atoms. The highest BCUT2D eigenvalue weighted by Crippen LogP contribution is 2.17. The van der Waals surface area contributed by atoms with Gasteiger partial charge in [-0.1, -0.05) is 289 Å². The molecule has 1 unspecified atom stereocenters. The van der Waals surface area contributed by atoms with E-state index < -0.39 is 6.10 Å². The predicted molar refractivity (Wildman–Crippen MR) is 353 cm³/mol. The molecule has 0 saturated heterocycles. The molecule has 0 aliphatic heterocycles. The van der Waals surface area contributed by atoms with Gasteiger partial charge in [0.15, 0.2) is 6.10 Å². The molecule has 6 heteroatoms. The minimum absolute atomic E-state index is 0.0949. The smallest absolute Gasteiger partial charge is 0.306 e. The van der Waals surface area contributed by atoms with Crippen LogP contribution in [0.25, 0.3) is 0 Å². The summed E-state index contributed by atoms with van der Waals surface area (Å²) in [5.41, 5.74) is 0. The third kappa shape index (κ3) is 66.2. The molecule has 0 heterocycles. The van der Waals surface area contributed by atoms with Crippen molar-refractivity contribution in [2.75, 3.05) is 13.2 Å². The van der Waals surface area contributed by atoms with Crippen LogP contribution in [0.3, 0.4) is 0 Å². The molecule has 0 N–H and O–H groups in total. The van der Waals surface area contributed by atoms with Crippen molar-refractivity contribution in [3.05, 3.63) is 134 Å². The molecule has 0 aromatic carbocycles. The van der Waals surface area contributed by atoms with Gasteiger partial charge >= 0.3 is 17.9 Å². The molecule has 0 aliphatic carbocycles. The van der Waals surface area contributed by atoms with Gasteiger partial charge in [0.2, 0.25) is 0 Å². The summed E-state index contributed by atoms with van der Waals surface area (Å²) >= 11 is 0. The number of hydrogen-bond acceptors (Lipinski definition) is 6. The van der Waals surface area contributed by atoms with Gasteiger partial charge < -0.3 is 14.2 Å². The van der Waals surface area contributed by atoms with Crippen LogP contribution in [0.5, 0.6) is 0 Å². The fourth-order valence-electron chi connectivity index (χ4n) is 9.21. The number of esters is 3. The van der Waals surface area contributed by atoms with E-state index in [4.69, 9.17) is 14.2 Å². The summed E-state index contributed by atoms with van der Waals surface area (Å²) < 4.78 is 16.9. The highest BCUT2D eigenvalue weighted by Gasteiger charge is 2.19.